The van der Waals surface area contributed by atoms with E-state index < -0.39 is 18.2 Å². The minimum absolute atomic E-state index is 0.0288. The lowest BCUT2D eigenvalue weighted by Gasteiger charge is -2.23. The van der Waals surface area contributed by atoms with Gasteiger partial charge in [-0.1, -0.05) is 206 Å². The number of amides is 1. The Bertz CT molecular complexity index is 684. The zero-order valence-corrected chi connectivity index (χ0v) is 33.1. The monoisotopic (exact) mass is 694 g/mol. The fourth-order valence-electron chi connectivity index (χ4n) is 6.93. The van der Waals surface area contributed by atoms with E-state index in [0.29, 0.717) is 12.8 Å². The quantitative estimate of drug-likeness (QED) is 0.0380. The Morgan fingerprint density at radius 2 is 0.816 bits per heavy atom. The summed E-state index contributed by atoms with van der Waals surface area (Å²) >= 11 is 0. The van der Waals surface area contributed by atoms with Gasteiger partial charge in [0.15, 0.2) is 0 Å². The average molecular weight is 694 g/mol. The van der Waals surface area contributed by atoms with Crippen LogP contribution < -0.4 is 5.32 Å². The number of carbonyl (C=O) groups excluding carboxylic acids is 1. The van der Waals surface area contributed by atoms with Gasteiger partial charge in [0.1, 0.15) is 0 Å². The number of aliphatic hydroxyl groups excluding tert-OH is 3. The fourth-order valence-corrected chi connectivity index (χ4v) is 6.93. The summed E-state index contributed by atoms with van der Waals surface area (Å²) < 4.78 is 0. The van der Waals surface area contributed by atoms with Crippen LogP contribution in [0, 0.1) is 0 Å². The third kappa shape index (κ3) is 36.7. The first-order valence-corrected chi connectivity index (χ1v) is 22.0. The number of allylic oxidation sites excluding steroid dienone is 2. The van der Waals surface area contributed by atoms with Crippen LogP contribution in [0.25, 0.3) is 0 Å². The van der Waals surface area contributed by atoms with Crippen LogP contribution in [0.15, 0.2) is 12.2 Å². The van der Waals surface area contributed by atoms with Crippen molar-refractivity contribution in [1.29, 1.82) is 0 Å². The van der Waals surface area contributed by atoms with Crippen LogP contribution in [0.5, 0.6) is 0 Å². The van der Waals surface area contributed by atoms with Gasteiger partial charge in [-0.15, -0.1) is 0 Å². The molecule has 3 atom stereocenters. The number of rotatable bonds is 40. The molecule has 0 aromatic carbocycles. The van der Waals surface area contributed by atoms with E-state index in [1.54, 1.807) is 0 Å². The van der Waals surface area contributed by atoms with Crippen LogP contribution in [0.1, 0.15) is 239 Å². The van der Waals surface area contributed by atoms with E-state index in [-0.39, 0.29) is 18.9 Å². The van der Waals surface area contributed by atoms with Crippen molar-refractivity contribution in [2.45, 2.75) is 257 Å². The van der Waals surface area contributed by atoms with Gasteiger partial charge in [-0.25, -0.2) is 0 Å². The van der Waals surface area contributed by atoms with Crippen molar-refractivity contribution in [2.24, 2.45) is 0 Å². The number of carbonyl (C=O) groups is 1. The molecule has 0 aromatic heterocycles. The molecule has 0 rings (SSSR count). The Morgan fingerprint density at radius 3 is 1.20 bits per heavy atom. The van der Waals surface area contributed by atoms with Crippen LogP contribution in [-0.2, 0) is 4.79 Å². The van der Waals surface area contributed by atoms with Crippen molar-refractivity contribution in [3.8, 4) is 0 Å². The first-order valence-electron chi connectivity index (χ1n) is 22.0. The Hall–Kier alpha value is -0.910. The average Bonchev–Trinajstić information content (AvgIpc) is 3.09. The maximum atomic E-state index is 12.4. The number of hydrogen-bond acceptors (Lipinski definition) is 4. The molecular formula is C44H87NO4. The minimum Gasteiger partial charge on any atom is -0.394 e. The highest BCUT2D eigenvalue weighted by Gasteiger charge is 2.21. The highest BCUT2D eigenvalue weighted by atomic mass is 16.3. The van der Waals surface area contributed by atoms with Crippen LogP contribution in [0.3, 0.4) is 0 Å². The van der Waals surface area contributed by atoms with Gasteiger partial charge < -0.3 is 20.6 Å². The molecule has 0 spiro atoms. The molecular weight excluding hydrogens is 606 g/mol. The molecule has 0 fully saturated rings. The van der Waals surface area contributed by atoms with Gasteiger partial charge in [-0.05, 0) is 38.5 Å². The van der Waals surface area contributed by atoms with Crippen molar-refractivity contribution in [3.63, 3.8) is 0 Å². The highest BCUT2D eigenvalue weighted by molar-refractivity contribution is 5.76. The maximum absolute atomic E-state index is 12.4. The van der Waals surface area contributed by atoms with Crippen molar-refractivity contribution < 1.29 is 20.1 Å². The van der Waals surface area contributed by atoms with Crippen molar-refractivity contribution in [2.75, 3.05) is 6.61 Å². The lowest BCUT2D eigenvalue weighted by atomic mass is 10.0. The first kappa shape index (κ1) is 48.1. The zero-order valence-electron chi connectivity index (χ0n) is 33.1. The highest BCUT2D eigenvalue weighted by Crippen LogP contribution is 2.16. The van der Waals surface area contributed by atoms with E-state index in [4.69, 9.17) is 0 Å². The Kier molecular flexibility index (Phi) is 39.1. The lowest BCUT2D eigenvalue weighted by molar-refractivity contribution is -0.125. The summed E-state index contributed by atoms with van der Waals surface area (Å²) in [5.41, 5.74) is 0. The predicted molar refractivity (Wildman–Crippen MR) is 213 cm³/mol. The van der Waals surface area contributed by atoms with Crippen LogP contribution in [-0.4, -0.2) is 46.1 Å². The second kappa shape index (κ2) is 39.9. The summed E-state index contributed by atoms with van der Waals surface area (Å²) in [7, 11) is 0. The SMILES string of the molecule is CCCCCCCCCCC/C=C\CCCCCC(O)CC(=O)NC(CO)C(O)CCCCCCCCCCCCCCCCCCCC. The van der Waals surface area contributed by atoms with Gasteiger partial charge in [-0.2, -0.15) is 0 Å². The van der Waals surface area contributed by atoms with E-state index in [9.17, 15) is 20.1 Å². The van der Waals surface area contributed by atoms with Gasteiger partial charge in [0.05, 0.1) is 31.3 Å². The molecule has 0 heterocycles. The lowest BCUT2D eigenvalue weighted by Crippen LogP contribution is -2.46. The van der Waals surface area contributed by atoms with E-state index in [2.05, 4.69) is 31.3 Å². The Labute approximate surface area is 306 Å². The van der Waals surface area contributed by atoms with Crippen molar-refractivity contribution in [1.82, 2.24) is 5.32 Å². The molecule has 49 heavy (non-hydrogen) atoms. The molecule has 3 unspecified atom stereocenters. The summed E-state index contributed by atoms with van der Waals surface area (Å²) in [6.07, 6.45) is 46.0. The van der Waals surface area contributed by atoms with E-state index in [1.807, 2.05) is 0 Å². The van der Waals surface area contributed by atoms with Crippen LogP contribution in [0.4, 0.5) is 0 Å². The molecule has 0 saturated heterocycles. The second-order valence-electron chi connectivity index (χ2n) is 15.3. The fraction of sp³-hybridized carbons (Fsp3) is 0.932. The molecule has 0 saturated carbocycles. The summed E-state index contributed by atoms with van der Waals surface area (Å²) in [5.74, 6) is -0.289. The third-order valence-corrected chi connectivity index (χ3v) is 10.3. The molecule has 0 aliphatic rings. The third-order valence-electron chi connectivity index (χ3n) is 10.3. The molecule has 0 radical (unpaired) electrons. The van der Waals surface area contributed by atoms with Crippen LogP contribution >= 0.6 is 0 Å². The molecule has 0 aliphatic carbocycles. The molecule has 4 N–H and O–H groups in total. The summed E-state index contributed by atoms with van der Waals surface area (Å²) in [5, 5.41) is 33.4. The van der Waals surface area contributed by atoms with Crippen molar-refractivity contribution in [3.05, 3.63) is 12.2 Å². The molecule has 5 nitrogen and oxygen atoms in total. The smallest absolute Gasteiger partial charge is 0.222 e. The second-order valence-corrected chi connectivity index (χ2v) is 15.3. The zero-order chi connectivity index (χ0) is 35.9. The van der Waals surface area contributed by atoms with Gasteiger partial charge >= 0.3 is 0 Å². The minimum atomic E-state index is -0.750. The molecule has 5 heteroatoms. The number of unbranched alkanes of at least 4 members (excludes halogenated alkanes) is 29. The van der Waals surface area contributed by atoms with Crippen LogP contribution in [0.2, 0.25) is 0 Å². The topological polar surface area (TPSA) is 89.8 Å². The first-order chi connectivity index (χ1) is 24.0. The molecule has 292 valence electrons. The van der Waals surface area contributed by atoms with Gasteiger partial charge in [0.2, 0.25) is 5.91 Å². The standard InChI is InChI=1S/C44H87NO4/c1-3-5-7-9-11-13-15-17-19-21-22-24-26-28-30-32-34-36-38-43(48)42(40-46)45-44(49)39-41(47)37-35-33-31-29-27-25-23-20-18-16-14-12-10-8-6-4-2/h25,27,41-43,46-48H,3-24,26,28-40H2,1-2H3,(H,45,49)/b27-25-. The molecule has 1 amide bonds. The number of aliphatic hydroxyl groups is 3. The summed E-state index contributed by atoms with van der Waals surface area (Å²) in [6.45, 7) is 4.27. The Balaban J connectivity index is 3.62. The van der Waals surface area contributed by atoms with E-state index in [0.717, 1.165) is 38.5 Å². The molecule has 0 aromatic rings. The molecule has 0 aliphatic heterocycles. The maximum Gasteiger partial charge on any atom is 0.222 e. The predicted octanol–water partition coefficient (Wildman–Crippen LogP) is 12.4. The summed E-state index contributed by atoms with van der Waals surface area (Å²) in [6, 6.07) is -0.659. The largest absolute Gasteiger partial charge is 0.394 e. The van der Waals surface area contributed by atoms with Gasteiger partial charge in [0, 0.05) is 0 Å². The Morgan fingerprint density at radius 1 is 0.490 bits per heavy atom. The number of nitrogens with one attached hydrogen (secondary N) is 1. The van der Waals surface area contributed by atoms with Crippen molar-refractivity contribution >= 4 is 5.91 Å². The normalized spacial score (nSPS) is 13.7. The summed E-state index contributed by atoms with van der Waals surface area (Å²) in [4.78, 5) is 12.4. The van der Waals surface area contributed by atoms with E-state index in [1.165, 1.54) is 167 Å². The van der Waals surface area contributed by atoms with Gasteiger partial charge in [-0.3, -0.25) is 4.79 Å². The molecule has 0 bridgehead atoms. The van der Waals surface area contributed by atoms with Gasteiger partial charge in [0.25, 0.3) is 0 Å². The van der Waals surface area contributed by atoms with E-state index >= 15 is 0 Å². The number of hydrogen-bond donors (Lipinski definition) is 4.